The summed E-state index contributed by atoms with van der Waals surface area (Å²) in [6.45, 7) is 6.18. The number of nitrogens with zero attached hydrogens (tertiary/aromatic N) is 2. The zero-order valence-electron chi connectivity index (χ0n) is 16.0. The van der Waals surface area contributed by atoms with Gasteiger partial charge in [0.15, 0.2) is 0 Å². The molecule has 0 aliphatic heterocycles. The van der Waals surface area contributed by atoms with Crippen molar-refractivity contribution in [2.24, 2.45) is 5.92 Å². The van der Waals surface area contributed by atoms with Crippen LogP contribution in [0.25, 0.3) is 0 Å². The first kappa shape index (κ1) is 21.0. The van der Waals surface area contributed by atoms with Crippen LogP contribution in [-0.2, 0) is 16.0 Å². The summed E-state index contributed by atoms with van der Waals surface area (Å²) in [7, 11) is 5.45. The summed E-state index contributed by atoms with van der Waals surface area (Å²) in [5.41, 5.74) is 1.79. The van der Waals surface area contributed by atoms with E-state index in [2.05, 4.69) is 10.2 Å². The average molecular weight is 349 g/mol. The van der Waals surface area contributed by atoms with Gasteiger partial charge in [-0.25, -0.2) is 4.79 Å². The number of urea groups is 1. The van der Waals surface area contributed by atoms with Crippen molar-refractivity contribution in [2.75, 3.05) is 46.2 Å². The molecule has 2 amide bonds. The van der Waals surface area contributed by atoms with Crippen molar-refractivity contribution in [3.8, 4) is 0 Å². The minimum absolute atomic E-state index is 0.0862. The Balaban J connectivity index is 2.55. The van der Waals surface area contributed by atoms with E-state index >= 15 is 0 Å². The third-order valence-electron chi connectivity index (χ3n) is 4.05. The van der Waals surface area contributed by atoms with Crippen LogP contribution < -0.4 is 5.32 Å². The minimum Gasteiger partial charge on any atom is -0.469 e. The third-order valence-corrected chi connectivity index (χ3v) is 4.05. The van der Waals surface area contributed by atoms with Crippen LogP contribution in [0.2, 0.25) is 0 Å². The molecule has 0 heterocycles. The smallest absolute Gasteiger partial charge is 0.321 e. The molecule has 1 aromatic carbocycles. The van der Waals surface area contributed by atoms with Crippen molar-refractivity contribution >= 4 is 17.7 Å². The second-order valence-corrected chi connectivity index (χ2v) is 6.49. The SMILES string of the molecule is CCN(CCCN(C)C)C(=O)Nc1ccc(CC(C)C(=O)OC)cc1. The van der Waals surface area contributed by atoms with E-state index in [0.29, 0.717) is 13.0 Å². The highest BCUT2D eigenvalue weighted by Crippen LogP contribution is 2.14. The number of hydrogen-bond donors (Lipinski definition) is 1. The Labute approximate surface area is 151 Å². The van der Waals surface area contributed by atoms with Gasteiger partial charge in [-0.2, -0.15) is 0 Å². The van der Waals surface area contributed by atoms with Crippen molar-refractivity contribution in [1.29, 1.82) is 0 Å². The number of esters is 1. The van der Waals surface area contributed by atoms with Crippen LogP contribution in [0.15, 0.2) is 24.3 Å². The first-order chi connectivity index (χ1) is 11.9. The number of benzene rings is 1. The van der Waals surface area contributed by atoms with Gasteiger partial charge in [-0.1, -0.05) is 19.1 Å². The molecule has 1 atom stereocenters. The van der Waals surface area contributed by atoms with Crippen molar-refractivity contribution in [2.45, 2.75) is 26.7 Å². The summed E-state index contributed by atoms with van der Waals surface area (Å²) >= 11 is 0. The van der Waals surface area contributed by atoms with Gasteiger partial charge in [-0.3, -0.25) is 4.79 Å². The van der Waals surface area contributed by atoms with Crippen molar-refractivity contribution in [3.05, 3.63) is 29.8 Å². The maximum atomic E-state index is 12.4. The molecular formula is C19H31N3O3. The van der Waals surface area contributed by atoms with Crippen LogP contribution in [-0.4, -0.2) is 62.6 Å². The first-order valence-corrected chi connectivity index (χ1v) is 8.74. The number of methoxy groups -OCH3 is 1. The van der Waals surface area contributed by atoms with E-state index in [9.17, 15) is 9.59 Å². The number of rotatable bonds is 9. The second-order valence-electron chi connectivity index (χ2n) is 6.49. The number of hydrogen-bond acceptors (Lipinski definition) is 4. The van der Waals surface area contributed by atoms with Gasteiger partial charge in [0.25, 0.3) is 0 Å². The zero-order chi connectivity index (χ0) is 18.8. The van der Waals surface area contributed by atoms with Gasteiger partial charge < -0.3 is 19.9 Å². The van der Waals surface area contributed by atoms with E-state index in [1.165, 1.54) is 7.11 Å². The van der Waals surface area contributed by atoms with E-state index < -0.39 is 0 Å². The fourth-order valence-electron chi connectivity index (χ4n) is 2.55. The number of anilines is 1. The molecule has 140 valence electrons. The van der Waals surface area contributed by atoms with E-state index in [4.69, 9.17) is 4.74 Å². The molecule has 6 heteroatoms. The normalized spacial score (nSPS) is 11.9. The van der Waals surface area contributed by atoms with Crippen molar-refractivity contribution < 1.29 is 14.3 Å². The first-order valence-electron chi connectivity index (χ1n) is 8.74. The van der Waals surface area contributed by atoms with Gasteiger partial charge in [-0.15, -0.1) is 0 Å². The Kier molecular flexibility index (Phi) is 8.99. The summed E-state index contributed by atoms with van der Waals surface area (Å²) in [6, 6.07) is 7.50. The van der Waals surface area contributed by atoms with E-state index in [0.717, 1.165) is 30.8 Å². The van der Waals surface area contributed by atoms with Crippen LogP contribution >= 0.6 is 0 Å². The maximum Gasteiger partial charge on any atom is 0.321 e. The Morgan fingerprint density at radius 2 is 1.80 bits per heavy atom. The van der Waals surface area contributed by atoms with Crippen molar-refractivity contribution in [1.82, 2.24) is 9.80 Å². The van der Waals surface area contributed by atoms with Gasteiger partial charge in [0, 0.05) is 18.8 Å². The van der Waals surface area contributed by atoms with Crippen molar-refractivity contribution in [3.63, 3.8) is 0 Å². The fraction of sp³-hybridized carbons (Fsp3) is 0.579. The highest BCUT2D eigenvalue weighted by molar-refractivity contribution is 5.89. The third kappa shape index (κ3) is 7.56. The van der Waals surface area contributed by atoms with Gasteiger partial charge in [0.05, 0.1) is 13.0 Å². The number of ether oxygens (including phenoxy) is 1. The quantitative estimate of drug-likeness (QED) is 0.697. The Hall–Kier alpha value is -2.08. The zero-order valence-corrected chi connectivity index (χ0v) is 16.0. The fourth-order valence-corrected chi connectivity index (χ4v) is 2.55. The minimum atomic E-state index is -0.214. The molecule has 0 radical (unpaired) electrons. The van der Waals surface area contributed by atoms with Crippen LogP contribution in [0.1, 0.15) is 25.8 Å². The highest BCUT2D eigenvalue weighted by Gasteiger charge is 2.14. The molecule has 1 N–H and O–H groups in total. The molecule has 0 aliphatic carbocycles. The number of carbonyl (C=O) groups is 2. The Bertz CT molecular complexity index is 543. The lowest BCUT2D eigenvalue weighted by Gasteiger charge is -2.22. The van der Waals surface area contributed by atoms with Gasteiger partial charge in [0.2, 0.25) is 0 Å². The predicted molar refractivity (Wildman–Crippen MR) is 101 cm³/mol. The largest absolute Gasteiger partial charge is 0.469 e. The molecule has 0 aliphatic rings. The molecule has 0 saturated carbocycles. The van der Waals surface area contributed by atoms with E-state index in [1.807, 2.05) is 52.2 Å². The summed E-state index contributed by atoms with van der Waals surface area (Å²) in [5.74, 6) is -0.397. The molecule has 0 fully saturated rings. The monoisotopic (exact) mass is 349 g/mol. The molecule has 0 bridgehead atoms. The lowest BCUT2D eigenvalue weighted by Crippen LogP contribution is -2.36. The Morgan fingerprint density at radius 1 is 1.16 bits per heavy atom. The topological polar surface area (TPSA) is 61.9 Å². The standard InChI is InChI=1S/C19H31N3O3/c1-6-22(13-7-12-21(3)4)19(24)20-17-10-8-16(9-11-17)14-15(2)18(23)25-5/h8-11,15H,6-7,12-14H2,1-5H3,(H,20,24). The number of amides is 2. The molecule has 0 aromatic heterocycles. The average Bonchev–Trinajstić information content (AvgIpc) is 2.59. The number of carbonyl (C=O) groups excluding carboxylic acids is 2. The lowest BCUT2D eigenvalue weighted by atomic mass is 10.0. The van der Waals surface area contributed by atoms with E-state index in [1.54, 1.807) is 4.90 Å². The summed E-state index contributed by atoms with van der Waals surface area (Å²) in [6.07, 6.45) is 1.56. The summed E-state index contributed by atoms with van der Waals surface area (Å²) < 4.78 is 4.74. The second kappa shape index (κ2) is 10.7. The molecule has 0 saturated heterocycles. The van der Waals surface area contributed by atoms with Crippen LogP contribution in [0.5, 0.6) is 0 Å². The molecule has 6 nitrogen and oxygen atoms in total. The maximum absolute atomic E-state index is 12.4. The molecule has 1 unspecified atom stereocenters. The van der Waals surface area contributed by atoms with Crippen LogP contribution in [0, 0.1) is 5.92 Å². The predicted octanol–water partition coefficient (Wildman–Crippen LogP) is 2.84. The van der Waals surface area contributed by atoms with Crippen LogP contribution in [0.4, 0.5) is 10.5 Å². The Morgan fingerprint density at radius 3 is 2.32 bits per heavy atom. The molecular weight excluding hydrogens is 318 g/mol. The van der Waals surface area contributed by atoms with Crippen LogP contribution in [0.3, 0.4) is 0 Å². The lowest BCUT2D eigenvalue weighted by molar-refractivity contribution is -0.144. The summed E-state index contributed by atoms with van der Waals surface area (Å²) in [4.78, 5) is 27.7. The molecule has 25 heavy (non-hydrogen) atoms. The molecule has 0 spiro atoms. The van der Waals surface area contributed by atoms with Gasteiger partial charge in [-0.05, 0) is 58.1 Å². The van der Waals surface area contributed by atoms with E-state index in [-0.39, 0.29) is 17.9 Å². The summed E-state index contributed by atoms with van der Waals surface area (Å²) in [5, 5.41) is 2.93. The van der Waals surface area contributed by atoms with Gasteiger partial charge in [0.1, 0.15) is 0 Å². The molecule has 1 aromatic rings. The number of nitrogens with one attached hydrogen (secondary N) is 1. The molecule has 1 rings (SSSR count). The highest BCUT2D eigenvalue weighted by atomic mass is 16.5. The van der Waals surface area contributed by atoms with Gasteiger partial charge >= 0.3 is 12.0 Å².